The van der Waals surface area contributed by atoms with Crippen LogP contribution in [0.2, 0.25) is 5.02 Å². The highest BCUT2D eigenvalue weighted by Gasteiger charge is 2.06. The second-order valence-electron chi connectivity index (χ2n) is 4.31. The Kier molecular flexibility index (Phi) is 4.35. The lowest BCUT2D eigenvalue weighted by atomic mass is 10.2. The molecule has 1 aromatic heterocycles. The van der Waals surface area contributed by atoms with Crippen LogP contribution < -0.4 is 10.1 Å². The van der Waals surface area contributed by atoms with Crippen LogP contribution in [0.4, 0.5) is 0 Å². The minimum absolute atomic E-state index is 0.346. The highest BCUT2D eigenvalue weighted by molar-refractivity contribution is 6.31. The Morgan fingerprint density at radius 1 is 1.32 bits per heavy atom. The van der Waals surface area contributed by atoms with Crippen LogP contribution in [-0.2, 0) is 6.54 Å². The van der Waals surface area contributed by atoms with Crippen molar-refractivity contribution >= 4 is 11.6 Å². The molecule has 0 saturated carbocycles. The number of nitrogens with zero attached hydrogens (tertiary/aromatic N) is 2. The third-order valence-corrected chi connectivity index (χ3v) is 3.19. The second kappa shape index (κ2) is 5.99. The van der Waals surface area contributed by atoms with Crippen molar-refractivity contribution in [2.75, 3.05) is 7.05 Å². The van der Waals surface area contributed by atoms with Crippen LogP contribution in [0.25, 0.3) is 0 Å². The van der Waals surface area contributed by atoms with Gasteiger partial charge >= 0.3 is 6.01 Å². The number of ether oxygens (including phenoxy) is 1. The summed E-state index contributed by atoms with van der Waals surface area (Å²) in [5.74, 6) is 0.683. The molecule has 100 valence electrons. The van der Waals surface area contributed by atoms with Crippen molar-refractivity contribution in [3.63, 3.8) is 0 Å². The lowest BCUT2D eigenvalue weighted by molar-refractivity contribution is 0.439. The molecule has 4 nitrogen and oxygen atoms in total. The summed E-state index contributed by atoms with van der Waals surface area (Å²) in [6.45, 7) is 4.61. The van der Waals surface area contributed by atoms with Gasteiger partial charge in [-0.1, -0.05) is 11.6 Å². The third kappa shape index (κ3) is 3.43. The zero-order chi connectivity index (χ0) is 13.8. The fraction of sp³-hybridized carbons (Fsp3) is 0.286. The molecule has 0 saturated heterocycles. The van der Waals surface area contributed by atoms with E-state index in [-0.39, 0.29) is 0 Å². The Bertz CT molecular complexity index is 587. The third-order valence-electron chi connectivity index (χ3n) is 2.76. The number of hydrogen-bond donors (Lipinski definition) is 1. The maximum atomic E-state index is 5.97. The van der Waals surface area contributed by atoms with Gasteiger partial charge in [0.1, 0.15) is 5.75 Å². The zero-order valence-electron chi connectivity index (χ0n) is 11.2. The number of nitrogens with one attached hydrogen (secondary N) is 1. The van der Waals surface area contributed by atoms with Crippen LogP contribution in [0.3, 0.4) is 0 Å². The van der Waals surface area contributed by atoms with E-state index in [1.165, 1.54) is 0 Å². The van der Waals surface area contributed by atoms with Crippen molar-refractivity contribution in [1.29, 1.82) is 0 Å². The first-order valence-corrected chi connectivity index (χ1v) is 6.39. The lowest BCUT2D eigenvalue weighted by Gasteiger charge is -2.08. The topological polar surface area (TPSA) is 47.0 Å². The zero-order valence-corrected chi connectivity index (χ0v) is 12.0. The number of halogens is 1. The van der Waals surface area contributed by atoms with Crippen molar-refractivity contribution in [2.24, 2.45) is 0 Å². The summed E-state index contributed by atoms with van der Waals surface area (Å²) in [5.41, 5.74) is 2.93. The molecule has 0 amide bonds. The fourth-order valence-electron chi connectivity index (χ4n) is 1.67. The predicted octanol–water partition coefficient (Wildman–Crippen LogP) is 3.26. The van der Waals surface area contributed by atoms with Crippen molar-refractivity contribution in [3.8, 4) is 11.8 Å². The first-order chi connectivity index (χ1) is 9.10. The van der Waals surface area contributed by atoms with Gasteiger partial charge in [-0.25, -0.2) is 4.98 Å². The van der Waals surface area contributed by atoms with E-state index in [0.717, 1.165) is 23.4 Å². The van der Waals surface area contributed by atoms with Crippen LogP contribution in [-0.4, -0.2) is 17.0 Å². The van der Waals surface area contributed by atoms with Crippen molar-refractivity contribution in [2.45, 2.75) is 20.4 Å². The Balaban J connectivity index is 2.19. The van der Waals surface area contributed by atoms with E-state index in [1.54, 1.807) is 18.3 Å². The molecule has 1 N–H and O–H groups in total. The molecular weight excluding hydrogens is 262 g/mol. The summed E-state index contributed by atoms with van der Waals surface area (Å²) >= 11 is 5.97. The minimum atomic E-state index is 0.346. The summed E-state index contributed by atoms with van der Waals surface area (Å²) in [6.07, 6.45) is 1.77. The molecule has 2 rings (SSSR count). The van der Waals surface area contributed by atoms with E-state index >= 15 is 0 Å². The normalized spacial score (nSPS) is 10.5. The average Bonchev–Trinajstić information content (AvgIpc) is 2.37. The summed E-state index contributed by atoms with van der Waals surface area (Å²) in [5, 5.41) is 3.79. The van der Waals surface area contributed by atoms with Gasteiger partial charge in [0.15, 0.2) is 0 Å². The van der Waals surface area contributed by atoms with E-state index in [4.69, 9.17) is 16.3 Å². The van der Waals surface area contributed by atoms with Crippen molar-refractivity contribution in [3.05, 3.63) is 46.2 Å². The number of benzene rings is 1. The Morgan fingerprint density at radius 3 is 2.74 bits per heavy atom. The first-order valence-electron chi connectivity index (χ1n) is 6.01. The molecule has 2 aromatic rings. The van der Waals surface area contributed by atoms with Crippen molar-refractivity contribution < 1.29 is 4.74 Å². The summed E-state index contributed by atoms with van der Waals surface area (Å²) < 4.78 is 5.63. The van der Waals surface area contributed by atoms with Crippen LogP contribution in [0.15, 0.2) is 24.4 Å². The molecule has 1 heterocycles. The first kappa shape index (κ1) is 13.8. The van der Waals surface area contributed by atoms with Crippen molar-refractivity contribution in [1.82, 2.24) is 15.3 Å². The monoisotopic (exact) mass is 277 g/mol. The quantitative estimate of drug-likeness (QED) is 0.932. The highest BCUT2D eigenvalue weighted by atomic mass is 35.5. The van der Waals surface area contributed by atoms with Gasteiger partial charge in [0.2, 0.25) is 0 Å². The average molecular weight is 278 g/mol. The molecule has 0 aliphatic heterocycles. The van der Waals surface area contributed by atoms with E-state index < -0.39 is 0 Å². The number of aromatic nitrogens is 2. The van der Waals surface area contributed by atoms with Crippen LogP contribution >= 0.6 is 11.6 Å². The molecule has 0 bridgehead atoms. The van der Waals surface area contributed by atoms with Gasteiger partial charge in [-0.2, -0.15) is 4.98 Å². The maximum Gasteiger partial charge on any atom is 0.322 e. The van der Waals surface area contributed by atoms with E-state index in [1.807, 2.05) is 27.0 Å². The number of hydrogen-bond acceptors (Lipinski definition) is 4. The number of aryl methyl sites for hydroxylation is 2. The minimum Gasteiger partial charge on any atom is -0.424 e. The second-order valence-corrected chi connectivity index (χ2v) is 4.71. The molecule has 0 spiro atoms. The smallest absolute Gasteiger partial charge is 0.322 e. The van der Waals surface area contributed by atoms with Gasteiger partial charge in [-0.15, -0.1) is 0 Å². The summed E-state index contributed by atoms with van der Waals surface area (Å²) in [4.78, 5) is 8.53. The SMILES string of the molecule is CNCc1cnc(Oc2ccc(Cl)c(C)c2)nc1C. The van der Waals surface area contributed by atoms with Gasteiger partial charge in [-0.05, 0) is 44.7 Å². The number of rotatable bonds is 4. The summed E-state index contributed by atoms with van der Waals surface area (Å²) in [6, 6.07) is 5.81. The van der Waals surface area contributed by atoms with Gasteiger partial charge in [-0.3, -0.25) is 0 Å². The highest BCUT2D eigenvalue weighted by Crippen LogP contribution is 2.24. The Labute approximate surface area is 117 Å². The van der Waals surface area contributed by atoms with Gasteiger partial charge in [0, 0.05) is 29.0 Å². The van der Waals surface area contributed by atoms with Gasteiger partial charge in [0.25, 0.3) is 0 Å². The van der Waals surface area contributed by atoms with Gasteiger partial charge < -0.3 is 10.1 Å². The van der Waals surface area contributed by atoms with Gasteiger partial charge in [0.05, 0.1) is 0 Å². The van der Waals surface area contributed by atoms with Crippen LogP contribution in [0.1, 0.15) is 16.8 Å². The molecule has 0 aliphatic rings. The predicted molar refractivity (Wildman–Crippen MR) is 75.8 cm³/mol. The molecule has 0 atom stereocenters. The molecule has 0 fully saturated rings. The molecular formula is C14H16ClN3O. The maximum absolute atomic E-state index is 5.97. The molecule has 0 radical (unpaired) electrons. The molecule has 5 heteroatoms. The lowest BCUT2D eigenvalue weighted by Crippen LogP contribution is -2.08. The molecule has 0 unspecified atom stereocenters. The largest absolute Gasteiger partial charge is 0.424 e. The van der Waals surface area contributed by atoms with E-state index in [0.29, 0.717) is 16.8 Å². The van der Waals surface area contributed by atoms with E-state index in [9.17, 15) is 0 Å². The standard InChI is InChI=1S/C14H16ClN3O/c1-9-6-12(4-5-13(9)15)19-14-17-8-11(7-16-3)10(2)18-14/h4-6,8,16H,7H2,1-3H3. The Hall–Kier alpha value is -1.65. The Morgan fingerprint density at radius 2 is 2.11 bits per heavy atom. The molecule has 0 aliphatic carbocycles. The van der Waals surface area contributed by atoms with E-state index in [2.05, 4.69) is 15.3 Å². The van der Waals surface area contributed by atoms with Crippen LogP contribution in [0.5, 0.6) is 11.8 Å². The van der Waals surface area contributed by atoms with Crippen LogP contribution in [0, 0.1) is 13.8 Å². The summed E-state index contributed by atoms with van der Waals surface area (Å²) in [7, 11) is 1.89. The molecule has 19 heavy (non-hydrogen) atoms. The fourth-order valence-corrected chi connectivity index (χ4v) is 1.79. The molecule has 1 aromatic carbocycles.